The fraction of sp³-hybridized carbons (Fsp3) is 0.917. The van der Waals surface area contributed by atoms with Gasteiger partial charge < -0.3 is 20.6 Å². The molecule has 0 aromatic rings. The quantitative estimate of drug-likeness (QED) is 0.590. The van der Waals surface area contributed by atoms with Gasteiger partial charge in [0.15, 0.2) is 0 Å². The van der Waals surface area contributed by atoms with Gasteiger partial charge in [0.25, 0.3) is 0 Å². The van der Waals surface area contributed by atoms with Crippen LogP contribution in [0.2, 0.25) is 0 Å². The molecule has 0 aromatic heterocycles. The molecule has 0 bridgehead atoms. The number of rotatable bonds is 2. The molecule has 0 aliphatic carbocycles. The van der Waals surface area contributed by atoms with Crippen molar-refractivity contribution in [3.05, 3.63) is 0 Å². The Morgan fingerprint density at radius 2 is 2.24 bits per heavy atom. The summed E-state index contributed by atoms with van der Waals surface area (Å²) in [6.45, 7) is 5.40. The molecule has 2 rings (SSSR count). The highest BCUT2D eigenvalue weighted by molar-refractivity contribution is 5.82. The molecule has 17 heavy (non-hydrogen) atoms. The van der Waals surface area contributed by atoms with Gasteiger partial charge in [-0.15, -0.1) is 0 Å². The average molecular weight is 241 g/mol. The average Bonchev–Trinajstić information content (AvgIpc) is 2.39. The highest BCUT2D eigenvalue weighted by Crippen LogP contribution is 2.16. The van der Waals surface area contributed by atoms with E-state index in [2.05, 4.69) is 17.6 Å². The van der Waals surface area contributed by atoms with Gasteiger partial charge in [0.05, 0.1) is 6.04 Å². The van der Waals surface area contributed by atoms with E-state index in [1.165, 1.54) is 0 Å². The summed E-state index contributed by atoms with van der Waals surface area (Å²) in [5.41, 5.74) is 0. The number of hydrogen-bond donors (Lipinski definition) is 3. The maximum Gasteiger partial charge on any atom is 0.241 e. The van der Waals surface area contributed by atoms with Gasteiger partial charge in [-0.05, 0) is 25.7 Å². The number of likely N-dealkylation sites (tertiary alicyclic amines) is 1. The number of hydrogen-bond acceptors (Lipinski definition) is 4. The lowest BCUT2D eigenvalue weighted by molar-refractivity contribution is -0.135. The van der Waals surface area contributed by atoms with Crippen LogP contribution < -0.4 is 10.6 Å². The van der Waals surface area contributed by atoms with Crippen molar-refractivity contribution in [3.8, 4) is 0 Å². The number of carbonyl (C=O) groups excluding carboxylic acids is 1. The summed E-state index contributed by atoms with van der Waals surface area (Å²) in [5, 5.41) is 15.8. The fourth-order valence-corrected chi connectivity index (χ4v) is 2.59. The number of nitrogens with one attached hydrogen (secondary N) is 2. The first-order valence-corrected chi connectivity index (χ1v) is 6.57. The molecule has 3 atom stereocenters. The van der Waals surface area contributed by atoms with Gasteiger partial charge in [0.2, 0.25) is 5.91 Å². The summed E-state index contributed by atoms with van der Waals surface area (Å²) < 4.78 is 0. The van der Waals surface area contributed by atoms with Gasteiger partial charge in [-0.2, -0.15) is 0 Å². The molecule has 2 aliphatic heterocycles. The van der Waals surface area contributed by atoms with E-state index in [9.17, 15) is 4.79 Å². The maximum atomic E-state index is 12.3. The van der Waals surface area contributed by atoms with Crippen molar-refractivity contribution in [3.63, 3.8) is 0 Å². The Balaban J connectivity index is 1.86. The second-order valence-electron chi connectivity index (χ2n) is 5.25. The van der Waals surface area contributed by atoms with Crippen LogP contribution in [0, 0.1) is 5.92 Å². The molecule has 98 valence electrons. The van der Waals surface area contributed by atoms with Crippen molar-refractivity contribution < 1.29 is 9.90 Å². The molecule has 1 amide bonds. The lowest BCUT2D eigenvalue weighted by atomic mass is 9.98. The van der Waals surface area contributed by atoms with Crippen molar-refractivity contribution in [2.24, 2.45) is 5.92 Å². The van der Waals surface area contributed by atoms with Crippen molar-refractivity contribution >= 4 is 5.91 Å². The van der Waals surface area contributed by atoms with Crippen LogP contribution >= 0.6 is 0 Å². The molecule has 0 saturated carbocycles. The summed E-state index contributed by atoms with van der Waals surface area (Å²) in [4.78, 5) is 14.2. The molecule has 5 nitrogen and oxygen atoms in total. The molecular weight excluding hydrogens is 218 g/mol. The molecule has 3 N–H and O–H groups in total. The number of carbonyl (C=O) groups is 1. The summed E-state index contributed by atoms with van der Waals surface area (Å²) in [5.74, 6) is 0.450. The monoisotopic (exact) mass is 241 g/mol. The first-order valence-electron chi connectivity index (χ1n) is 6.57. The molecule has 2 aliphatic rings. The van der Waals surface area contributed by atoms with Crippen molar-refractivity contribution in [1.82, 2.24) is 15.5 Å². The highest BCUT2D eigenvalue weighted by atomic mass is 16.3. The Morgan fingerprint density at radius 1 is 1.41 bits per heavy atom. The Bertz CT molecular complexity index is 264. The van der Waals surface area contributed by atoms with Gasteiger partial charge in [0, 0.05) is 38.8 Å². The van der Waals surface area contributed by atoms with Gasteiger partial charge in [0.1, 0.15) is 0 Å². The lowest BCUT2D eigenvalue weighted by Crippen LogP contribution is -2.60. The third-order valence-corrected chi connectivity index (χ3v) is 3.73. The first-order chi connectivity index (χ1) is 8.20. The molecule has 0 radical (unpaired) electrons. The van der Waals surface area contributed by atoms with Gasteiger partial charge >= 0.3 is 0 Å². The van der Waals surface area contributed by atoms with Crippen LogP contribution in [0.15, 0.2) is 0 Å². The van der Waals surface area contributed by atoms with E-state index in [4.69, 9.17) is 5.11 Å². The minimum atomic E-state index is -0.0938. The van der Waals surface area contributed by atoms with Crippen LogP contribution in [0.4, 0.5) is 0 Å². The van der Waals surface area contributed by atoms with E-state index in [1.807, 2.05) is 4.90 Å². The zero-order chi connectivity index (χ0) is 12.3. The van der Waals surface area contributed by atoms with Gasteiger partial charge in [-0.25, -0.2) is 0 Å². The molecule has 2 heterocycles. The zero-order valence-electron chi connectivity index (χ0n) is 10.5. The topological polar surface area (TPSA) is 64.6 Å². The van der Waals surface area contributed by atoms with Crippen LogP contribution in [0.1, 0.15) is 19.8 Å². The third-order valence-electron chi connectivity index (χ3n) is 3.73. The fourth-order valence-electron chi connectivity index (χ4n) is 2.59. The second-order valence-corrected chi connectivity index (χ2v) is 5.25. The first kappa shape index (κ1) is 12.8. The molecule has 5 heteroatoms. The van der Waals surface area contributed by atoms with Gasteiger partial charge in [-0.3, -0.25) is 4.79 Å². The summed E-state index contributed by atoms with van der Waals surface area (Å²) in [6, 6.07) is 0.342. The van der Waals surface area contributed by atoms with Crippen LogP contribution in [-0.2, 0) is 4.79 Å². The number of nitrogens with zero attached hydrogens (tertiary/aromatic N) is 1. The smallest absolute Gasteiger partial charge is 0.241 e. The molecule has 2 saturated heterocycles. The zero-order valence-corrected chi connectivity index (χ0v) is 10.5. The minimum absolute atomic E-state index is 0.0938. The molecular formula is C12H23N3O2. The number of aliphatic hydroxyl groups is 1. The van der Waals surface area contributed by atoms with Crippen LogP contribution in [0.5, 0.6) is 0 Å². The predicted molar refractivity (Wildman–Crippen MR) is 65.6 cm³/mol. The normalized spacial score (nSPS) is 34.7. The van der Waals surface area contributed by atoms with Crippen LogP contribution in [0.25, 0.3) is 0 Å². The van der Waals surface area contributed by atoms with E-state index in [0.29, 0.717) is 19.1 Å². The number of amides is 1. The number of piperazine rings is 1. The van der Waals surface area contributed by atoms with E-state index >= 15 is 0 Å². The highest BCUT2D eigenvalue weighted by Gasteiger charge is 2.30. The Labute approximate surface area is 103 Å². The molecule has 3 unspecified atom stereocenters. The van der Waals surface area contributed by atoms with Gasteiger partial charge in [-0.1, -0.05) is 0 Å². The summed E-state index contributed by atoms with van der Waals surface area (Å²) >= 11 is 0. The minimum Gasteiger partial charge on any atom is -0.396 e. The van der Waals surface area contributed by atoms with E-state index < -0.39 is 0 Å². The summed E-state index contributed by atoms with van der Waals surface area (Å²) in [7, 11) is 0. The van der Waals surface area contributed by atoms with Crippen molar-refractivity contribution in [1.29, 1.82) is 0 Å². The van der Waals surface area contributed by atoms with E-state index in [0.717, 1.165) is 25.9 Å². The molecule has 0 aromatic carbocycles. The number of piperidine rings is 1. The Morgan fingerprint density at radius 3 is 2.88 bits per heavy atom. The molecule has 2 fully saturated rings. The van der Waals surface area contributed by atoms with Crippen molar-refractivity contribution in [2.45, 2.75) is 31.8 Å². The van der Waals surface area contributed by atoms with Crippen LogP contribution in [0.3, 0.4) is 0 Å². The van der Waals surface area contributed by atoms with Crippen molar-refractivity contribution in [2.75, 3.05) is 32.8 Å². The number of aliphatic hydroxyl groups excluding tert-OH is 1. The van der Waals surface area contributed by atoms with E-state index in [-0.39, 0.29) is 24.5 Å². The lowest BCUT2D eigenvalue weighted by Gasteiger charge is -2.36. The predicted octanol–water partition coefficient (Wildman–Crippen LogP) is -0.833. The van der Waals surface area contributed by atoms with E-state index in [1.54, 1.807) is 0 Å². The SMILES string of the molecule is CC1CNC(C(=O)N2CCCC(CO)C2)CN1. The Kier molecular flexibility index (Phi) is 4.36. The maximum absolute atomic E-state index is 12.3. The third kappa shape index (κ3) is 3.18. The standard InChI is InChI=1S/C12H23N3O2/c1-9-5-14-11(6-13-9)12(17)15-4-2-3-10(7-15)8-16/h9-11,13-14,16H,2-8H2,1H3. The summed E-state index contributed by atoms with van der Waals surface area (Å²) in [6.07, 6.45) is 2.04. The largest absolute Gasteiger partial charge is 0.396 e. The Hall–Kier alpha value is -0.650. The second kappa shape index (κ2) is 5.80. The van der Waals surface area contributed by atoms with Crippen LogP contribution in [-0.4, -0.2) is 60.8 Å². The molecule has 0 spiro atoms.